The normalized spacial score (nSPS) is 11.9. The molecule has 23 heavy (non-hydrogen) atoms. The van der Waals surface area contributed by atoms with Crippen LogP contribution in [0.4, 0.5) is 5.69 Å². The highest BCUT2D eigenvalue weighted by Crippen LogP contribution is 2.07. The van der Waals surface area contributed by atoms with E-state index in [1.165, 1.54) is 6.92 Å². The Morgan fingerprint density at radius 1 is 1.57 bits per heavy atom. The number of rotatable bonds is 7. The van der Waals surface area contributed by atoms with Crippen LogP contribution in [0, 0.1) is 10.1 Å². The summed E-state index contributed by atoms with van der Waals surface area (Å²) < 4.78 is 5.69. The van der Waals surface area contributed by atoms with Gasteiger partial charge in [-0.1, -0.05) is 5.16 Å². The third kappa shape index (κ3) is 5.18. The fourth-order valence-electron chi connectivity index (χ4n) is 1.38. The SMILES string of the molecule is CCOC(=O)C(=N\O)/C(C)=N/NC(=O)Cn1cc([N+](=O)[O-])cn1. The maximum atomic E-state index is 11.6. The van der Waals surface area contributed by atoms with Crippen LogP contribution in [-0.2, 0) is 20.9 Å². The van der Waals surface area contributed by atoms with Gasteiger partial charge in [-0.25, -0.2) is 10.2 Å². The van der Waals surface area contributed by atoms with Crippen molar-refractivity contribution in [2.75, 3.05) is 6.61 Å². The zero-order chi connectivity index (χ0) is 17.4. The van der Waals surface area contributed by atoms with E-state index >= 15 is 0 Å². The number of carbonyl (C=O) groups is 2. The van der Waals surface area contributed by atoms with Gasteiger partial charge < -0.3 is 9.94 Å². The molecule has 1 heterocycles. The van der Waals surface area contributed by atoms with E-state index in [9.17, 15) is 19.7 Å². The van der Waals surface area contributed by atoms with Crippen molar-refractivity contribution in [1.29, 1.82) is 0 Å². The first kappa shape index (κ1) is 17.7. The molecule has 1 amide bonds. The smallest absolute Gasteiger partial charge is 0.362 e. The van der Waals surface area contributed by atoms with Crippen LogP contribution in [0.15, 0.2) is 22.7 Å². The number of aromatic nitrogens is 2. The molecule has 0 spiro atoms. The summed E-state index contributed by atoms with van der Waals surface area (Å²) in [5, 5.41) is 29.2. The van der Waals surface area contributed by atoms with Gasteiger partial charge in [-0.15, -0.1) is 0 Å². The number of nitrogens with zero attached hydrogens (tertiary/aromatic N) is 5. The molecule has 124 valence electrons. The molecule has 0 saturated heterocycles. The van der Waals surface area contributed by atoms with Crippen molar-refractivity contribution in [2.24, 2.45) is 10.3 Å². The zero-order valence-electron chi connectivity index (χ0n) is 12.3. The van der Waals surface area contributed by atoms with E-state index in [4.69, 9.17) is 5.21 Å². The first-order valence-corrected chi connectivity index (χ1v) is 6.28. The minimum Gasteiger partial charge on any atom is -0.461 e. The Morgan fingerprint density at radius 2 is 2.26 bits per heavy atom. The number of ether oxygens (including phenoxy) is 1. The van der Waals surface area contributed by atoms with Crippen LogP contribution in [0.5, 0.6) is 0 Å². The highest BCUT2D eigenvalue weighted by Gasteiger charge is 2.17. The fraction of sp³-hybridized carbons (Fsp3) is 0.364. The van der Waals surface area contributed by atoms with Crippen LogP contribution in [0.1, 0.15) is 13.8 Å². The van der Waals surface area contributed by atoms with Crippen LogP contribution >= 0.6 is 0 Å². The zero-order valence-corrected chi connectivity index (χ0v) is 12.3. The lowest BCUT2D eigenvalue weighted by molar-refractivity contribution is -0.385. The van der Waals surface area contributed by atoms with Gasteiger partial charge in [0.1, 0.15) is 18.9 Å². The van der Waals surface area contributed by atoms with E-state index < -0.39 is 22.5 Å². The van der Waals surface area contributed by atoms with Gasteiger partial charge in [0.05, 0.1) is 17.2 Å². The van der Waals surface area contributed by atoms with E-state index in [2.05, 4.69) is 25.5 Å². The summed E-state index contributed by atoms with van der Waals surface area (Å²) in [6.45, 7) is 2.65. The van der Waals surface area contributed by atoms with E-state index in [0.717, 1.165) is 17.1 Å². The maximum absolute atomic E-state index is 11.6. The monoisotopic (exact) mass is 326 g/mol. The summed E-state index contributed by atoms with van der Waals surface area (Å²) in [4.78, 5) is 32.9. The Hall–Kier alpha value is -3.31. The van der Waals surface area contributed by atoms with Crippen LogP contribution in [0.3, 0.4) is 0 Å². The van der Waals surface area contributed by atoms with Crippen molar-refractivity contribution < 1.29 is 24.5 Å². The third-order valence-corrected chi connectivity index (χ3v) is 2.40. The minimum atomic E-state index is -0.895. The molecule has 0 saturated carbocycles. The van der Waals surface area contributed by atoms with Crippen molar-refractivity contribution >= 4 is 29.0 Å². The molecule has 0 atom stereocenters. The topological polar surface area (TPSA) is 161 Å². The largest absolute Gasteiger partial charge is 0.461 e. The third-order valence-electron chi connectivity index (χ3n) is 2.40. The molecule has 12 nitrogen and oxygen atoms in total. The van der Waals surface area contributed by atoms with Crippen LogP contribution < -0.4 is 5.43 Å². The predicted molar refractivity (Wildman–Crippen MR) is 76.0 cm³/mol. The molecule has 1 aromatic rings. The molecule has 12 heteroatoms. The summed E-state index contributed by atoms with van der Waals surface area (Å²) >= 11 is 0. The molecule has 0 aliphatic heterocycles. The quantitative estimate of drug-likeness (QED) is 0.228. The number of nitro groups is 1. The molecule has 0 bridgehead atoms. The summed E-state index contributed by atoms with van der Waals surface area (Å²) in [6.07, 6.45) is 2.08. The molecular weight excluding hydrogens is 312 g/mol. The lowest BCUT2D eigenvalue weighted by Gasteiger charge is -2.04. The number of amides is 1. The number of esters is 1. The standard InChI is InChI=1S/C11H14N6O6/c1-3-23-11(19)10(15-20)7(2)13-14-9(18)6-16-5-8(4-12-16)17(21)22/h4-5,20H,3,6H2,1-2H3,(H,14,18)/b13-7+,15-10-. The Labute approximate surface area is 129 Å². The number of nitrogens with one attached hydrogen (secondary N) is 1. The number of carbonyl (C=O) groups excluding carboxylic acids is 2. The summed E-state index contributed by atoms with van der Waals surface area (Å²) in [7, 11) is 0. The molecule has 0 unspecified atom stereocenters. The lowest BCUT2D eigenvalue weighted by atomic mass is 10.2. The molecule has 0 aromatic carbocycles. The lowest BCUT2D eigenvalue weighted by Crippen LogP contribution is -2.29. The van der Waals surface area contributed by atoms with Gasteiger partial charge in [0.25, 0.3) is 5.91 Å². The average Bonchev–Trinajstić information content (AvgIpc) is 2.95. The van der Waals surface area contributed by atoms with E-state index in [1.54, 1.807) is 6.92 Å². The first-order valence-electron chi connectivity index (χ1n) is 6.28. The Kier molecular flexibility index (Phi) is 6.33. The van der Waals surface area contributed by atoms with Gasteiger partial charge in [0.15, 0.2) is 0 Å². The Bertz CT molecular complexity index is 664. The van der Waals surface area contributed by atoms with Crippen LogP contribution in [0.25, 0.3) is 0 Å². The van der Waals surface area contributed by atoms with Gasteiger partial charge in [0, 0.05) is 0 Å². The summed E-state index contributed by atoms with van der Waals surface area (Å²) in [6, 6.07) is 0. The second kappa shape index (κ2) is 8.21. The summed E-state index contributed by atoms with van der Waals surface area (Å²) in [5.74, 6) is -1.54. The van der Waals surface area contributed by atoms with E-state index in [-0.39, 0.29) is 24.6 Å². The number of oxime groups is 1. The molecular formula is C11H14N6O6. The molecule has 0 fully saturated rings. The van der Waals surface area contributed by atoms with Crippen molar-refractivity contribution in [3.8, 4) is 0 Å². The number of hydrazone groups is 1. The van der Waals surface area contributed by atoms with Gasteiger partial charge >= 0.3 is 11.7 Å². The molecule has 0 radical (unpaired) electrons. The molecule has 0 aliphatic rings. The second-order valence-electron chi connectivity index (χ2n) is 4.05. The Morgan fingerprint density at radius 3 is 2.78 bits per heavy atom. The first-order chi connectivity index (χ1) is 10.9. The summed E-state index contributed by atoms with van der Waals surface area (Å²) in [5.41, 5.74) is 1.31. The van der Waals surface area contributed by atoms with E-state index in [0.29, 0.717) is 0 Å². The van der Waals surface area contributed by atoms with Gasteiger partial charge in [-0.3, -0.25) is 19.6 Å². The Balaban J connectivity index is 2.65. The number of hydrogen-bond donors (Lipinski definition) is 2. The van der Waals surface area contributed by atoms with Crippen molar-refractivity contribution in [3.63, 3.8) is 0 Å². The van der Waals surface area contributed by atoms with Gasteiger partial charge in [-0.2, -0.15) is 10.2 Å². The van der Waals surface area contributed by atoms with E-state index in [1.807, 2.05) is 0 Å². The van der Waals surface area contributed by atoms with Gasteiger partial charge in [0.2, 0.25) is 5.71 Å². The average molecular weight is 326 g/mol. The molecule has 2 N–H and O–H groups in total. The highest BCUT2D eigenvalue weighted by atomic mass is 16.6. The molecule has 1 aromatic heterocycles. The van der Waals surface area contributed by atoms with Crippen molar-refractivity contribution in [2.45, 2.75) is 20.4 Å². The fourth-order valence-corrected chi connectivity index (χ4v) is 1.38. The van der Waals surface area contributed by atoms with Crippen LogP contribution in [-0.4, -0.2) is 49.8 Å². The van der Waals surface area contributed by atoms with Crippen LogP contribution in [0.2, 0.25) is 0 Å². The molecule has 1 rings (SSSR count). The van der Waals surface area contributed by atoms with Crippen molar-refractivity contribution in [3.05, 3.63) is 22.5 Å². The number of hydrogen-bond acceptors (Lipinski definition) is 9. The predicted octanol–water partition coefficient (Wildman–Crippen LogP) is -0.323. The maximum Gasteiger partial charge on any atom is 0.362 e. The minimum absolute atomic E-state index is 0.0780. The van der Waals surface area contributed by atoms with Gasteiger partial charge in [-0.05, 0) is 13.8 Å². The molecule has 0 aliphatic carbocycles. The second-order valence-corrected chi connectivity index (χ2v) is 4.05. The van der Waals surface area contributed by atoms with Crippen molar-refractivity contribution in [1.82, 2.24) is 15.2 Å². The highest BCUT2D eigenvalue weighted by molar-refractivity contribution is 6.65.